The molecule has 0 fully saturated rings. The Morgan fingerprint density at radius 2 is 1.83 bits per heavy atom. The van der Waals surface area contributed by atoms with Gasteiger partial charge in [-0.25, -0.2) is 8.78 Å². The summed E-state index contributed by atoms with van der Waals surface area (Å²) in [6.45, 7) is 10.3. The van der Waals surface area contributed by atoms with Crippen molar-refractivity contribution < 1.29 is 18.3 Å². The molecular formula is C19H27F2NO2. The van der Waals surface area contributed by atoms with E-state index in [1.54, 1.807) is 6.07 Å². The van der Waals surface area contributed by atoms with Gasteiger partial charge in [-0.15, -0.1) is 0 Å². The molecule has 0 aliphatic carbocycles. The van der Waals surface area contributed by atoms with Gasteiger partial charge in [0.15, 0.2) is 0 Å². The third-order valence-electron chi connectivity index (χ3n) is 3.79. The molecule has 1 aromatic carbocycles. The second kappa shape index (κ2) is 8.81. The van der Waals surface area contributed by atoms with Gasteiger partial charge in [0.05, 0.1) is 13.5 Å². The molecule has 0 heterocycles. The van der Waals surface area contributed by atoms with E-state index in [0.717, 1.165) is 19.8 Å². The summed E-state index contributed by atoms with van der Waals surface area (Å²) < 4.78 is 32.1. The first-order chi connectivity index (χ1) is 11.2. The predicted molar refractivity (Wildman–Crippen MR) is 93.4 cm³/mol. The Bertz CT molecular complexity index is 573. The highest BCUT2D eigenvalue weighted by atomic mass is 19.3. The minimum Gasteiger partial charge on any atom is -0.496 e. The van der Waals surface area contributed by atoms with Crippen LogP contribution in [0.2, 0.25) is 0 Å². The van der Waals surface area contributed by atoms with E-state index in [2.05, 4.69) is 6.58 Å². The topological polar surface area (TPSA) is 29.5 Å². The van der Waals surface area contributed by atoms with Crippen LogP contribution >= 0.6 is 0 Å². The van der Waals surface area contributed by atoms with Crippen LogP contribution < -0.4 is 4.74 Å². The molecule has 0 aromatic heterocycles. The number of carbonyl (C=O) groups excluding carboxylic acids is 1. The van der Waals surface area contributed by atoms with Gasteiger partial charge in [-0.05, 0) is 24.5 Å². The molecule has 1 rings (SSSR count). The van der Waals surface area contributed by atoms with Crippen molar-refractivity contribution in [2.24, 2.45) is 0 Å². The monoisotopic (exact) mass is 339 g/mol. The molecule has 5 heteroatoms. The Kier molecular flexibility index (Phi) is 7.39. The quantitative estimate of drug-likeness (QED) is 0.643. The first kappa shape index (κ1) is 20.1. The van der Waals surface area contributed by atoms with E-state index >= 15 is 0 Å². The van der Waals surface area contributed by atoms with E-state index in [1.807, 2.05) is 18.7 Å². The number of benzene rings is 1. The zero-order chi connectivity index (χ0) is 18.3. The van der Waals surface area contributed by atoms with Gasteiger partial charge in [0.1, 0.15) is 5.75 Å². The van der Waals surface area contributed by atoms with Gasteiger partial charge in [-0.2, -0.15) is 0 Å². The third kappa shape index (κ3) is 5.32. The molecule has 0 N–H and O–H groups in total. The van der Waals surface area contributed by atoms with Crippen LogP contribution in [-0.2, 0) is 10.7 Å². The largest absolute Gasteiger partial charge is 0.496 e. The van der Waals surface area contributed by atoms with Crippen LogP contribution in [0.25, 0.3) is 5.57 Å². The number of halogens is 2. The van der Waals surface area contributed by atoms with Gasteiger partial charge in [0, 0.05) is 31.1 Å². The van der Waals surface area contributed by atoms with Crippen molar-refractivity contribution in [3.8, 4) is 5.75 Å². The number of alkyl halides is 2. The lowest BCUT2D eigenvalue weighted by Crippen LogP contribution is -2.32. The van der Waals surface area contributed by atoms with Gasteiger partial charge in [-0.1, -0.05) is 32.6 Å². The number of carbonyl (C=O) groups is 1. The summed E-state index contributed by atoms with van der Waals surface area (Å²) in [6, 6.07) is 4.20. The molecule has 3 nitrogen and oxygen atoms in total. The summed E-state index contributed by atoms with van der Waals surface area (Å²) in [5, 5.41) is 0. The third-order valence-corrected chi connectivity index (χ3v) is 3.79. The number of rotatable bonds is 9. The summed E-state index contributed by atoms with van der Waals surface area (Å²) in [5.74, 6) is -2.64. The molecule has 0 atom stereocenters. The minimum absolute atomic E-state index is 0.00403. The lowest BCUT2D eigenvalue weighted by atomic mass is 9.99. The molecule has 0 bridgehead atoms. The summed E-state index contributed by atoms with van der Waals surface area (Å²) >= 11 is 0. The van der Waals surface area contributed by atoms with Gasteiger partial charge in [-0.3, -0.25) is 4.79 Å². The molecule has 0 unspecified atom stereocenters. The van der Waals surface area contributed by atoms with Gasteiger partial charge in [0.2, 0.25) is 5.91 Å². The van der Waals surface area contributed by atoms with E-state index in [-0.39, 0.29) is 17.9 Å². The van der Waals surface area contributed by atoms with Gasteiger partial charge >= 0.3 is 0 Å². The van der Waals surface area contributed by atoms with Crippen LogP contribution in [0.15, 0.2) is 24.8 Å². The van der Waals surface area contributed by atoms with Crippen molar-refractivity contribution in [1.82, 2.24) is 4.90 Å². The number of ether oxygens (including phenoxy) is 1. The Labute approximate surface area is 143 Å². The molecule has 134 valence electrons. The minimum atomic E-state index is -2.94. The predicted octanol–water partition coefficient (Wildman–Crippen LogP) is 4.86. The summed E-state index contributed by atoms with van der Waals surface area (Å²) in [4.78, 5) is 14.2. The molecule has 0 spiro atoms. The van der Waals surface area contributed by atoms with Crippen LogP contribution in [0.4, 0.5) is 8.78 Å². The molecule has 1 aromatic rings. The molecule has 1 amide bonds. The maximum Gasteiger partial charge on any atom is 0.270 e. The number of methoxy groups -OCH3 is 1. The number of hydrogen-bond acceptors (Lipinski definition) is 2. The van der Waals surface area contributed by atoms with E-state index in [0.29, 0.717) is 30.0 Å². The van der Waals surface area contributed by atoms with Crippen LogP contribution in [0.1, 0.15) is 51.2 Å². The first-order valence-corrected chi connectivity index (χ1v) is 8.26. The smallest absolute Gasteiger partial charge is 0.270 e. The zero-order valence-electron chi connectivity index (χ0n) is 15.0. The number of hydrogen-bond donors (Lipinski definition) is 0. The van der Waals surface area contributed by atoms with E-state index in [9.17, 15) is 13.6 Å². The molecule has 24 heavy (non-hydrogen) atoms. The average molecular weight is 339 g/mol. The van der Waals surface area contributed by atoms with Gasteiger partial charge < -0.3 is 9.64 Å². The molecule has 0 radical (unpaired) electrons. The van der Waals surface area contributed by atoms with E-state index in [4.69, 9.17) is 4.74 Å². The fourth-order valence-electron chi connectivity index (χ4n) is 2.55. The van der Waals surface area contributed by atoms with Crippen LogP contribution in [-0.4, -0.2) is 31.0 Å². The summed E-state index contributed by atoms with van der Waals surface area (Å²) in [5.41, 5.74) is 1.03. The standard InChI is InChI=1S/C19H27F2NO2/c1-6-10-22(11-7-2)18(23)12-14(3)16-9-8-15(19(4,20)21)13-17(16)24-5/h8-9,13H,3,6-7,10-12H2,1-2,4-5H3. The fourth-order valence-corrected chi connectivity index (χ4v) is 2.55. The highest BCUT2D eigenvalue weighted by Crippen LogP contribution is 2.34. The maximum absolute atomic E-state index is 13.5. The Morgan fingerprint density at radius 3 is 2.29 bits per heavy atom. The second-order valence-electron chi connectivity index (χ2n) is 5.96. The molecular weight excluding hydrogens is 312 g/mol. The average Bonchev–Trinajstić information content (AvgIpc) is 2.52. The highest BCUT2D eigenvalue weighted by Gasteiger charge is 2.26. The maximum atomic E-state index is 13.5. The second-order valence-corrected chi connectivity index (χ2v) is 5.96. The molecule has 0 aliphatic rings. The van der Waals surface area contributed by atoms with Crippen LogP contribution in [0.5, 0.6) is 5.75 Å². The highest BCUT2D eigenvalue weighted by molar-refractivity contribution is 5.89. The Hall–Kier alpha value is -1.91. The molecule has 0 saturated heterocycles. The molecule has 0 saturated carbocycles. The van der Waals surface area contributed by atoms with E-state index in [1.165, 1.54) is 19.2 Å². The SMILES string of the molecule is C=C(CC(=O)N(CCC)CCC)c1ccc(C(C)(F)F)cc1OC. The first-order valence-electron chi connectivity index (χ1n) is 8.26. The van der Waals surface area contributed by atoms with Crippen LogP contribution in [0, 0.1) is 0 Å². The summed E-state index contributed by atoms with van der Waals surface area (Å²) in [7, 11) is 1.42. The van der Waals surface area contributed by atoms with Crippen molar-refractivity contribution in [3.05, 3.63) is 35.9 Å². The number of amides is 1. The fraction of sp³-hybridized carbons (Fsp3) is 0.526. The van der Waals surface area contributed by atoms with Gasteiger partial charge in [0.25, 0.3) is 5.92 Å². The summed E-state index contributed by atoms with van der Waals surface area (Å²) in [6.07, 6.45) is 1.93. The van der Waals surface area contributed by atoms with Crippen molar-refractivity contribution in [2.75, 3.05) is 20.2 Å². The van der Waals surface area contributed by atoms with Crippen molar-refractivity contribution in [1.29, 1.82) is 0 Å². The van der Waals surface area contributed by atoms with Crippen molar-refractivity contribution >= 4 is 11.5 Å². The number of nitrogens with zero attached hydrogens (tertiary/aromatic N) is 1. The Balaban J connectivity index is 2.96. The normalized spacial score (nSPS) is 11.2. The van der Waals surface area contributed by atoms with E-state index < -0.39 is 5.92 Å². The zero-order valence-corrected chi connectivity index (χ0v) is 15.0. The van der Waals surface area contributed by atoms with Crippen molar-refractivity contribution in [2.45, 2.75) is 46.0 Å². The lowest BCUT2D eigenvalue weighted by Gasteiger charge is -2.22. The lowest BCUT2D eigenvalue weighted by molar-refractivity contribution is -0.130. The molecule has 0 aliphatic heterocycles. The van der Waals surface area contributed by atoms with Crippen LogP contribution in [0.3, 0.4) is 0 Å². The van der Waals surface area contributed by atoms with Crippen molar-refractivity contribution in [3.63, 3.8) is 0 Å². The Morgan fingerprint density at radius 1 is 1.25 bits per heavy atom.